The lowest BCUT2D eigenvalue weighted by Crippen LogP contribution is -2.08. The predicted molar refractivity (Wildman–Crippen MR) is 547 cm³/mol. The van der Waals surface area contributed by atoms with Crippen molar-refractivity contribution in [1.29, 1.82) is 0 Å². The summed E-state index contributed by atoms with van der Waals surface area (Å²) in [4.78, 5) is 40.3. The van der Waals surface area contributed by atoms with Crippen LogP contribution in [0.4, 0.5) is 0 Å². The van der Waals surface area contributed by atoms with E-state index in [9.17, 15) is 0 Å². The van der Waals surface area contributed by atoms with Crippen molar-refractivity contribution in [3.63, 3.8) is 0 Å². The van der Waals surface area contributed by atoms with E-state index in [0.717, 1.165) is 90.7 Å². The van der Waals surface area contributed by atoms with Crippen molar-refractivity contribution in [2.24, 2.45) is 23.7 Å². The van der Waals surface area contributed by atoms with Crippen LogP contribution in [0.5, 0.6) is 0 Å². The third-order valence-corrected chi connectivity index (χ3v) is 33.1. The fourth-order valence-corrected chi connectivity index (χ4v) is 25.4. The van der Waals surface area contributed by atoms with Crippen LogP contribution < -0.4 is 10.9 Å². The molecule has 0 aliphatic rings. The molecule has 4 atom stereocenters. The van der Waals surface area contributed by atoms with Gasteiger partial charge in [-0.25, -0.2) is 0 Å². The van der Waals surface area contributed by atoms with Crippen molar-refractivity contribution in [1.82, 2.24) is 0 Å². The van der Waals surface area contributed by atoms with Gasteiger partial charge < -0.3 is 0 Å². The first-order valence-corrected chi connectivity index (χ1v) is 55.6. The van der Waals surface area contributed by atoms with Gasteiger partial charge in [0.25, 0.3) is 0 Å². The Kier molecular flexibility index (Phi) is 48.6. The number of hydrogen-bond acceptors (Lipinski definition) is 6. The fourth-order valence-electron chi connectivity index (χ4n) is 21.1. The maximum atomic E-state index is 16.7. The molecule has 2 nitrogen and oxygen atoms in total. The fraction of sp³-hybridized carbons (Fsp3) is 0.702. The molecule has 0 aliphatic heterocycles. The number of aryl methyl sites for hydroxylation is 4. The summed E-state index contributed by atoms with van der Waals surface area (Å²) in [5, 5.41) is 9.24. The first-order valence-electron chi connectivity index (χ1n) is 52.3. The van der Waals surface area contributed by atoms with Crippen LogP contribution in [-0.4, -0.2) is 0 Å². The first-order chi connectivity index (χ1) is 59.0. The normalized spacial score (nSPS) is 13.2. The first kappa shape index (κ1) is 99.8. The summed E-state index contributed by atoms with van der Waals surface area (Å²) in [6, 6.07) is 24.2. The lowest BCUT2D eigenvalue weighted by atomic mass is 9.84. The largest absolute Gasteiger partial charge is 0.289 e. The van der Waals surface area contributed by atoms with E-state index in [0.29, 0.717) is 11.8 Å². The van der Waals surface area contributed by atoms with Gasteiger partial charge in [-0.05, 0) is 191 Å². The van der Waals surface area contributed by atoms with Crippen LogP contribution in [-0.2, 0) is 25.7 Å². The van der Waals surface area contributed by atoms with Gasteiger partial charge in [0.05, 0.1) is 0 Å². The Morgan fingerprint density at radius 1 is 0.233 bits per heavy atom. The van der Waals surface area contributed by atoms with E-state index in [1.54, 1.807) is 37.2 Å². The summed E-state index contributed by atoms with van der Waals surface area (Å²) in [5.41, 5.74) is 7.91. The Morgan fingerprint density at radius 2 is 0.517 bits per heavy atom. The van der Waals surface area contributed by atoms with Gasteiger partial charge in [0.1, 0.15) is 0 Å². The molecule has 0 saturated carbocycles. The average molecular weight is 1710 g/mol. The summed E-state index contributed by atoms with van der Waals surface area (Å²) in [5.74, 6) is 2.58. The summed E-state index contributed by atoms with van der Waals surface area (Å²) < 4.78 is 3.13. The van der Waals surface area contributed by atoms with E-state index in [4.69, 9.17) is 0 Å². The Morgan fingerprint density at radius 3 is 0.850 bits per heavy atom. The molecule has 4 unspecified atom stereocenters. The highest BCUT2D eigenvalue weighted by Crippen LogP contribution is 2.49. The summed E-state index contributed by atoms with van der Waals surface area (Å²) in [7, 11) is 0. The highest BCUT2D eigenvalue weighted by Gasteiger charge is 2.28. The third-order valence-electron chi connectivity index (χ3n) is 28.5. The highest BCUT2D eigenvalue weighted by molar-refractivity contribution is 7.27. The van der Waals surface area contributed by atoms with Crippen molar-refractivity contribution in [3.05, 3.63) is 113 Å². The Labute approximate surface area is 752 Å². The highest BCUT2D eigenvalue weighted by atomic mass is 32.1. The number of thiophene rings is 4. The van der Waals surface area contributed by atoms with Crippen molar-refractivity contribution >= 4 is 97.8 Å². The van der Waals surface area contributed by atoms with Crippen molar-refractivity contribution in [2.45, 2.75) is 493 Å². The maximum Gasteiger partial charge on any atom is 0.195 e. The topological polar surface area (TPSA) is 34.1 Å². The Hall–Kier alpha value is -3.94. The molecule has 0 N–H and O–H groups in total. The van der Waals surface area contributed by atoms with Crippen LogP contribution >= 0.6 is 45.3 Å². The lowest BCUT2D eigenvalue weighted by Gasteiger charge is -2.20. The third kappa shape index (κ3) is 32.4. The van der Waals surface area contributed by atoms with Crippen molar-refractivity contribution in [2.75, 3.05) is 0 Å². The second-order valence-electron chi connectivity index (χ2n) is 38.8. The SMILES string of the molecule is CCCCCCCCCCCCC(CCCCCCCC)Cc1cc2c(cc(CC(CCCCCCCC)CCCCCCCCCCCC)c3cc(-c4ccc(-c5cc6c(CCC(CCCCCC)CCCCCCCC)c7sc(C)cc7c(CCC(CCCCCC)CCCCCCCC)c6s5)s4)c(=O)c32)c2c(=O)c(-c3ccc(C)s3)cc12. The minimum Gasteiger partial charge on any atom is -0.289 e. The van der Waals surface area contributed by atoms with Gasteiger partial charge in [-0.3, -0.25) is 9.59 Å². The van der Waals surface area contributed by atoms with Gasteiger partial charge >= 0.3 is 0 Å². The number of fused-ring (bicyclic) bond motifs is 7. The molecule has 9 aromatic rings. The average Bonchev–Trinajstić information content (AvgIpc) is 1.55. The zero-order chi connectivity index (χ0) is 84.7. The molecule has 0 aliphatic carbocycles. The molecule has 4 aromatic heterocycles. The standard InChI is InChI=1S/C114H176O2S4/c1-11-19-27-35-41-43-45-47-53-61-69-91(67-59-51-39-31-23-15-5)80-93-82-100-99(109-97(93)84-103(111(109)115)105-76-71-87(9)117-105)83-94(81-92(68-60-52-40-32-24-16-6)70-62-54-48-46-44-42-36-28-20-12-2)98-85-104(112(116)110(98)100)106-77-78-107(119-106)108-86-102-96(75-73-90(64-56-34-26-18-8)66-58-50-38-30-22-14-4)113-101(79-88(10)118-113)95(114(102)120-108)74-72-89(63-55-33-25-17-7)65-57-49-37-29-21-13-3/h71,76-79,82-86,89-92H,11-70,72-75,80-81H2,1-10H3. The summed E-state index contributed by atoms with van der Waals surface area (Å²) in [6.45, 7) is 23.4. The molecule has 0 saturated heterocycles. The zero-order valence-corrected chi connectivity index (χ0v) is 82.5. The van der Waals surface area contributed by atoms with Gasteiger partial charge in [0.2, 0.25) is 0 Å². The molecular weight excluding hydrogens is 1530 g/mol. The van der Waals surface area contributed by atoms with Crippen LogP contribution in [0.3, 0.4) is 0 Å². The molecule has 6 heteroatoms. The molecule has 0 amide bonds. The Balaban J connectivity index is 1.17. The smallest absolute Gasteiger partial charge is 0.195 e. The van der Waals surface area contributed by atoms with Crippen LogP contribution in [0.2, 0.25) is 0 Å². The van der Waals surface area contributed by atoms with E-state index < -0.39 is 0 Å². The van der Waals surface area contributed by atoms with E-state index in [1.165, 1.54) is 434 Å². The van der Waals surface area contributed by atoms with Gasteiger partial charge in [0, 0.05) is 60.6 Å². The van der Waals surface area contributed by atoms with Crippen LogP contribution in [0.15, 0.2) is 70.3 Å². The number of benzene rings is 3. The van der Waals surface area contributed by atoms with Crippen LogP contribution in [0.25, 0.3) is 83.1 Å². The second kappa shape index (κ2) is 58.4. The second-order valence-corrected chi connectivity index (χ2v) is 43.5. The number of unbranched alkanes of at least 4 members (excludes halogenated alkanes) is 44. The molecule has 4 heterocycles. The molecule has 0 bridgehead atoms. The molecule has 668 valence electrons. The molecule has 0 spiro atoms. The molecule has 0 fully saturated rings. The van der Waals surface area contributed by atoms with Gasteiger partial charge in [-0.15, -0.1) is 45.3 Å². The van der Waals surface area contributed by atoms with Gasteiger partial charge in [0.15, 0.2) is 10.9 Å². The van der Waals surface area contributed by atoms with Gasteiger partial charge in [-0.1, -0.05) is 441 Å². The molecule has 9 rings (SSSR count). The minimum absolute atomic E-state index is 0.165. The lowest BCUT2D eigenvalue weighted by molar-refractivity contribution is 0.382. The van der Waals surface area contributed by atoms with E-state index >= 15 is 9.59 Å². The molecule has 120 heavy (non-hydrogen) atoms. The van der Waals surface area contributed by atoms with E-state index in [-0.39, 0.29) is 10.9 Å². The zero-order valence-electron chi connectivity index (χ0n) is 79.2. The van der Waals surface area contributed by atoms with E-state index in [2.05, 4.69) is 153 Å². The van der Waals surface area contributed by atoms with Crippen LogP contribution in [0.1, 0.15) is 485 Å². The van der Waals surface area contributed by atoms with Crippen molar-refractivity contribution in [3.8, 4) is 30.6 Å². The van der Waals surface area contributed by atoms with Gasteiger partial charge in [-0.2, -0.15) is 0 Å². The summed E-state index contributed by atoms with van der Waals surface area (Å²) in [6.07, 6.45) is 87.1. The van der Waals surface area contributed by atoms with E-state index in [1.807, 2.05) is 11.3 Å². The minimum atomic E-state index is 0.165. The quantitative estimate of drug-likeness (QED) is 0.0356. The molecular formula is C114H176O2S4. The summed E-state index contributed by atoms with van der Waals surface area (Å²) >= 11 is 7.83. The maximum absolute atomic E-state index is 16.7. The Bertz CT molecular complexity index is 4230. The molecule has 5 aromatic carbocycles. The predicted octanol–water partition coefficient (Wildman–Crippen LogP) is 39.9. The van der Waals surface area contributed by atoms with Crippen LogP contribution in [0, 0.1) is 37.5 Å². The molecule has 0 radical (unpaired) electrons. The number of rotatable bonds is 73. The number of hydrogen-bond donors (Lipinski definition) is 0. The van der Waals surface area contributed by atoms with Crippen molar-refractivity contribution < 1.29 is 0 Å². The monoisotopic (exact) mass is 1710 g/mol.